The predicted octanol–water partition coefficient (Wildman–Crippen LogP) is 3.78. The zero-order valence-electron chi connectivity index (χ0n) is 14.1. The average molecular weight is 358 g/mol. The summed E-state index contributed by atoms with van der Waals surface area (Å²) < 4.78 is 11.5. The number of aldehydes is 1. The number of anilines is 1. The van der Waals surface area contributed by atoms with Crippen LogP contribution in [0.4, 0.5) is 5.13 Å². The maximum atomic E-state index is 10.7. The molecule has 5 nitrogen and oxygen atoms in total. The zero-order chi connectivity index (χ0) is 17.1. The van der Waals surface area contributed by atoms with E-state index in [-0.39, 0.29) is 0 Å². The van der Waals surface area contributed by atoms with E-state index in [1.807, 2.05) is 18.3 Å². The van der Waals surface area contributed by atoms with Crippen molar-refractivity contribution < 1.29 is 14.3 Å². The van der Waals surface area contributed by atoms with Crippen molar-refractivity contribution in [3.05, 3.63) is 24.4 Å². The van der Waals surface area contributed by atoms with Crippen LogP contribution in [0, 0.1) is 5.92 Å². The molecule has 3 heterocycles. The summed E-state index contributed by atoms with van der Waals surface area (Å²) in [5.74, 6) is 2.18. The van der Waals surface area contributed by atoms with Crippen LogP contribution >= 0.6 is 11.3 Å². The Morgan fingerprint density at radius 3 is 2.80 bits per heavy atom. The van der Waals surface area contributed by atoms with Gasteiger partial charge in [-0.15, -0.1) is 0 Å². The van der Waals surface area contributed by atoms with E-state index in [0.29, 0.717) is 25.6 Å². The summed E-state index contributed by atoms with van der Waals surface area (Å²) in [4.78, 5) is 18.8. The van der Waals surface area contributed by atoms with E-state index in [9.17, 15) is 4.79 Å². The van der Waals surface area contributed by atoms with E-state index in [1.54, 1.807) is 11.3 Å². The van der Waals surface area contributed by atoms with Gasteiger partial charge in [-0.25, -0.2) is 4.98 Å². The van der Waals surface area contributed by atoms with Crippen LogP contribution in [0.25, 0.3) is 10.4 Å². The number of thiazole rings is 1. The van der Waals surface area contributed by atoms with Gasteiger partial charge in [0, 0.05) is 32.1 Å². The summed E-state index contributed by atoms with van der Waals surface area (Å²) in [5.41, 5.74) is 1.11. The Balaban J connectivity index is 1.48. The molecule has 2 aliphatic heterocycles. The second kappa shape index (κ2) is 7.44. The molecule has 4 rings (SSSR count). The number of benzene rings is 1. The lowest BCUT2D eigenvalue weighted by Gasteiger charge is -2.30. The van der Waals surface area contributed by atoms with Gasteiger partial charge >= 0.3 is 0 Å². The molecule has 1 aromatic heterocycles. The van der Waals surface area contributed by atoms with Crippen LogP contribution in [0.15, 0.2) is 24.4 Å². The van der Waals surface area contributed by atoms with E-state index in [2.05, 4.69) is 16.0 Å². The predicted molar refractivity (Wildman–Crippen MR) is 98.8 cm³/mol. The fourth-order valence-electron chi connectivity index (χ4n) is 3.36. The lowest BCUT2D eigenvalue weighted by molar-refractivity contribution is -0.108. The van der Waals surface area contributed by atoms with Crippen molar-refractivity contribution >= 4 is 22.8 Å². The van der Waals surface area contributed by atoms with Crippen molar-refractivity contribution in [3.8, 4) is 21.9 Å². The molecule has 0 atom stereocenters. The fraction of sp³-hybridized carbons (Fsp3) is 0.474. The number of fused-ring (bicyclic) bond motifs is 1. The molecule has 132 valence electrons. The normalized spacial score (nSPS) is 18.0. The molecule has 1 fully saturated rings. The smallest absolute Gasteiger partial charge is 0.185 e. The first-order valence-corrected chi connectivity index (χ1v) is 9.69. The maximum absolute atomic E-state index is 10.7. The third kappa shape index (κ3) is 3.63. The average Bonchev–Trinajstić information content (AvgIpc) is 3.02. The van der Waals surface area contributed by atoms with Crippen molar-refractivity contribution in [1.82, 2.24) is 4.98 Å². The number of aromatic nitrogens is 1. The van der Waals surface area contributed by atoms with Crippen LogP contribution in [0.3, 0.4) is 0 Å². The molecule has 0 aliphatic carbocycles. The molecule has 2 aliphatic rings. The van der Waals surface area contributed by atoms with Gasteiger partial charge in [-0.05, 0) is 42.5 Å². The first-order chi connectivity index (χ1) is 12.3. The zero-order valence-corrected chi connectivity index (χ0v) is 15.0. The van der Waals surface area contributed by atoms with Crippen LogP contribution in [0.2, 0.25) is 0 Å². The molecule has 0 saturated carbocycles. The van der Waals surface area contributed by atoms with Crippen molar-refractivity contribution in [3.63, 3.8) is 0 Å². The Labute approximate surface area is 151 Å². The minimum absolute atomic E-state index is 0.537. The van der Waals surface area contributed by atoms with Crippen molar-refractivity contribution in [1.29, 1.82) is 0 Å². The summed E-state index contributed by atoms with van der Waals surface area (Å²) in [6.45, 7) is 3.36. The highest BCUT2D eigenvalue weighted by atomic mass is 32.1. The van der Waals surface area contributed by atoms with Gasteiger partial charge in [0.15, 0.2) is 16.6 Å². The SMILES string of the molecule is O=CCC1CCN(c2ncc(-c3ccc4c(c3)OCCCO4)s2)CC1. The van der Waals surface area contributed by atoms with Crippen LogP contribution in [-0.2, 0) is 4.79 Å². The van der Waals surface area contributed by atoms with Crippen molar-refractivity contribution in [2.24, 2.45) is 5.92 Å². The van der Waals surface area contributed by atoms with Crippen molar-refractivity contribution in [2.45, 2.75) is 25.7 Å². The molecule has 6 heteroatoms. The number of hydrogen-bond donors (Lipinski definition) is 0. The summed E-state index contributed by atoms with van der Waals surface area (Å²) in [7, 11) is 0. The van der Waals surface area contributed by atoms with E-state index in [0.717, 1.165) is 65.7 Å². The largest absolute Gasteiger partial charge is 0.490 e. The minimum atomic E-state index is 0.537. The second-order valence-corrected chi connectivity index (χ2v) is 7.56. The topological polar surface area (TPSA) is 51.7 Å². The van der Waals surface area contributed by atoms with Crippen LogP contribution in [0.5, 0.6) is 11.5 Å². The fourth-order valence-corrected chi connectivity index (χ4v) is 4.32. The molecule has 2 aromatic rings. The Morgan fingerprint density at radius 1 is 1.20 bits per heavy atom. The number of nitrogens with zero attached hydrogens (tertiary/aromatic N) is 2. The second-order valence-electron chi connectivity index (χ2n) is 6.55. The lowest BCUT2D eigenvalue weighted by Crippen LogP contribution is -2.33. The molecular formula is C19H22N2O3S. The first kappa shape index (κ1) is 16.4. The van der Waals surface area contributed by atoms with Crippen LogP contribution < -0.4 is 14.4 Å². The molecule has 1 saturated heterocycles. The molecule has 1 aromatic carbocycles. The van der Waals surface area contributed by atoms with E-state index < -0.39 is 0 Å². The third-order valence-corrected chi connectivity index (χ3v) is 5.95. The Hall–Kier alpha value is -2.08. The summed E-state index contributed by atoms with van der Waals surface area (Å²) >= 11 is 1.71. The minimum Gasteiger partial charge on any atom is -0.490 e. The number of carbonyl (C=O) groups excluding carboxylic acids is 1. The molecule has 0 bridgehead atoms. The van der Waals surface area contributed by atoms with Crippen LogP contribution in [0.1, 0.15) is 25.7 Å². The Morgan fingerprint density at radius 2 is 2.00 bits per heavy atom. The molecular weight excluding hydrogens is 336 g/mol. The number of ether oxygens (including phenoxy) is 2. The van der Waals surface area contributed by atoms with E-state index in [4.69, 9.17) is 9.47 Å². The van der Waals surface area contributed by atoms with Gasteiger partial charge in [0.2, 0.25) is 0 Å². The standard InChI is InChI=1S/C19H22N2O3S/c22-9-6-14-4-7-21(8-5-14)19-20-13-18(25-19)15-2-3-16-17(12-15)24-11-1-10-23-16/h2-3,9,12-14H,1,4-8,10-11H2. The highest BCUT2D eigenvalue weighted by Gasteiger charge is 2.21. The number of hydrogen-bond acceptors (Lipinski definition) is 6. The van der Waals surface area contributed by atoms with Crippen molar-refractivity contribution in [2.75, 3.05) is 31.2 Å². The maximum Gasteiger partial charge on any atom is 0.185 e. The van der Waals surface area contributed by atoms with Gasteiger partial charge in [0.25, 0.3) is 0 Å². The highest BCUT2D eigenvalue weighted by Crippen LogP contribution is 2.38. The third-order valence-electron chi connectivity index (χ3n) is 4.84. The molecule has 25 heavy (non-hydrogen) atoms. The monoisotopic (exact) mass is 358 g/mol. The van der Waals surface area contributed by atoms with Gasteiger partial charge in [-0.1, -0.05) is 11.3 Å². The molecule has 0 unspecified atom stereocenters. The summed E-state index contributed by atoms with van der Waals surface area (Å²) in [6.07, 6.45) is 6.72. The lowest BCUT2D eigenvalue weighted by atomic mass is 9.94. The molecule has 0 amide bonds. The Kier molecular flexibility index (Phi) is 4.88. The van der Waals surface area contributed by atoms with E-state index >= 15 is 0 Å². The highest BCUT2D eigenvalue weighted by molar-refractivity contribution is 7.18. The molecule has 0 spiro atoms. The van der Waals surface area contributed by atoms with Gasteiger partial charge in [0.05, 0.1) is 18.1 Å². The van der Waals surface area contributed by atoms with Gasteiger partial charge in [0.1, 0.15) is 6.29 Å². The molecule has 0 radical (unpaired) electrons. The number of piperidine rings is 1. The Bertz CT molecular complexity index is 738. The summed E-state index contributed by atoms with van der Waals surface area (Å²) in [5, 5.41) is 1.06. The first-order valence-electron chi connectivity index (χ1n) is 8.88. The number of carbonyl (C=O) groups is 1. The summed E-state index contributed by atoms with van der Waals surface area (Å²) in [6, 6.07) is 6.11. The van der Waals surface area contributed by atoms with Gasteiger partial charge in [-0.2, -0.15) is 0 Å². The molecule has 0 N–H and O–H groups in total. The van der Waals surface area contributed by atoms with Crippen LogP contribution in [-0.4, -0.2) is 37.6 Å². The quantitative estimate of drug-likeness (QED) is 0.779. The van der Waals surface area contributed by atoms with Gasteiger partial charge < -0.3 is 19.2 Å². The number of rotatable bonds is 4. The van der Waals surface area contributed by atoms with Gasteiger partial charge in [-0.3, -0.25) is 0 Å². The van der Waals surface area contributed by atoms with E-state index in [1.165, 1.54) is 0 Å².